The fourth-order valence-electron chi connectivity index (χ4n) is 1.95. The van der Waals surface area contributed by atoms with Crippen molar-refractivity contribution in [1.29, 1.82) is 0 Å². The molecule has 1 fully saturated rings. The standard InChI is InChI=1S/C13H14N4O2/c1-7-6-8(7)11(18)16-12(14)17-13-15-9-4-2-3-5-10(9)19-13/h2-5,7-8H,6H2,1H3,(H3,14,15,16,17,18). The Morgan fingerprint density at radius 1 is 1.53 bits per heavy atom. The molecule has 98 valence electrons. The quantitative estimate of drug-likeness (QED) is 0.631. The summed E-state index contributed by atoms with van der Waals surface area (Å²) in [6.07, 6.45) is 0.905. The molecule has 0 spiro atoms. The molecule has 6 heteroatoms. The van der Waals surface area contributed by atoms with E-state index in [9.17, 15) is 4.79 Å². The Bertz CT molecular complexity index is 628. The van der Waals surface area contributed by atoms with Gasteiger partial charge < -0.3 is 10.2 Å². The highest BCUT2D eigenvalue weighted by molar-refractivity contribution is 5.99. The minimum absolute atomic E-state index is 0.00987. The van der Waals surface area contributed by atoms with E-state index in [1.165, 1.54) is 0 Å². The van der Waals surface area contributed by atoms with Crippen LogP contribution in [0.15, 0.2) is 33.7 Å². The zero-order valence-corrected chi connectivity index (χ0v) is 10.5. The number of oxazole rings is 1. The predicted octanol–water partition coefficient (Wildman–Crippen LogP) is 1.55. The number of rotatable bonds is 2. The van der Waals surface area contributed by atoms with Crippen LogP contribution in [-0.4, -0.2) is 16.9 Å². The van der Waals surface area contributed by atoms with Crippen molar-refractivity contribution in [3.63, 3.8) is 0 Å². The first kappa shape index (κ1) is 11.7. The summed E-state index contributed by atoms with van der Waals surface area (Å²) in [5, 5.41) is 2.55. The van der Waals surface area contributed by atoms with Gasteiger partial charge in [-0.05, 0) is 24.5 Å². The monoisotopic (exact) mass is 258 g/mol. The zero-order chi connectivity index (χ0) is 13.4. The molecule has 0 bridgehead atoms. The van der Waals surface area contributed by atoms with Gasteiger partial charge >= 0.3 is 6.01 Å². The Morgan fingerprint density at radius 3 is 2.95 bits per heavy atom. The number of aliphatic imine (C=N–C) groups is 1. The van der Waals surface area contributed by atoms with Gasteiger partial charge in [-0.25, -0.2) is 0 Å². The maximum Gasteiger partial charge on any atom is 0.325 e. The topological polar surface area (TPSA) is 93.5 Å². The molecule has 0 radical (unpaired) electrons. The number of carbonyl (C=O) groups excluding carboxylic acids is 1. The number of benzene rings is 1. The Balaban J connectivity index is 1.74. The number of aromatic nitrogens is 1. The zero-order valence-electron chi connectivity index (χ0n) is 10.5. The van der Waals surface area contributed by atoms with E-state index in [2.05, 4.69) is 15.3 Å². The highest BCUT2D eigenvalue weighted by Gasteiger charge is 2.39. The summed E-state index contributed by atoms with van der Waals surface area (Å²) in [5.41, 5.74) is 7.00. The lowest BCUT2D eigenvalue weighted by Crippen LogP contribution is -2.37. The van der Waals surface area contributed by atoms with Gasteiger partial charge in [-0.2, -0.15) is 9.98 Å². The number of hydrogen-bond acceptors (Lipinski definition) is 4. The van der Waals surface area contributed by atoms with Gasteiger partial charge in [-0.3, -0.25) is 10.1 Å². The lowest BCUT2D eigenvalue weighted by Gasteiger charge is -2.01. The number of nitrogens with two attached hydrogens (primary N) is 1. The van der Waals surface area contributed by atoms with E-state index >= 15 is 0 Å². The van der Waals surface area contributed by atoms with Crippen LogP contribution in [0.3, 0.4) is 0 Å². The van der Waals surface area contributed by atoms with Crippen LogP contribution in [0.5, 0.6) is 0 Å². The van der Waals surface area contributed by atoms with Gasteiger partial charge in [0, 0.05) is 5.92 Å². The molecule has 1 aromatic heterocycles. The second-order valence-electron chi connectivity index (χ2n) is 4.77. The van der Waals surface area contributed by atoms with Gasteiger partial charge in [0.1, 0.15) is 5.52 Å². The van der Waals surface area contributed by atoms with Crippen molar-refractivity contribution in [1.82, 2.24) is 10.3 Å². The predicted molar refractivity (Wildman–Crippen MR) is 70.7 cm³/mol. The summed E-state index contributed by atoms with van der Waals surface area (Å²) >= 11 is 0. The maximum atomic E-state index is 11.7. The Labute approximate surface area is 109 Å². The number of guanidine groups is 1. The Morgan fingerprint density at radius 2 is 2.26 bits per heavy atom. The highest BCUT2D eigenvalue weighted by Crippen LogP contribution is 2.37. The molecule has 2 unspecified atom stereocenters. The van der Waals surface area contributed by atoms with Crippen molar-refractivity contribution in [2.75, 3.05) is 0 Å². The molecule has 19 heavy (non-hydrogen) atoms. The van der Waals surface area contributed by atoms with E-state index < -0.39 is 0 Å². The molecule has 1 aliphatic rings. The van der Waals surface area contributed by atoms with Crippen LogP contribution in [0.25, 0.3) is 11.1 Å². The molecule has 2 atom stereocenters. The second-order valence-corrected chi connectivity index (χ2v) is 4.77. The maximum absolute atomic E-state index is 11.7. The van der Waals surface area contributed by atoms with Crippen molar-refractivity contribution in [2.24, 2.45) is 22.6 Å². The van der Waals surface area contributed by atoms with Crippen LogP contribution >= 0.6 is 0 Å². The third kappa shape index (κ3) is 2.42. The van der Waals surface area contributed by atoms with Crippen LogP contribution in [-0.2, 0) is 4.79 Å². The van der Waals surface area contributed by atoms with E-state index in [0.29, 0.717) is 17.0 Å². The molecule has 1 amide bonds. The average Bonchev–Trinajstić information content (AvgIpc) is 2.96. The Kier molecular flexibility index (Phi) is 2.70. The molecule has 0 saturated heterocycles. The first-order valence-electron chi connectivity index (χ1n) is 6.14. The highest BCUT2D eigenvalue weighted by atomic mass is 16.4. The number of fused-ring (bicyclic) bond motifs is 1. The summed E-state index contributed by atoms with van der Waals surface area (Å²) in [6, 6.07) is 7.46. The summed E-state index contributed by atoms with van der Waals surface area (Å²) in [6.45, 7) is 2.03. The third-order valence-corrected chi connectivity index (χ3v) is 3.20. The van der Waals surface area contributed by atoms with E-state index in [0.717, 1.165) is 6.42 Å². The van der Waals surface area contributed by atoms with Crippen LogP contribution < -0.4 is 11.1 Å². The van der Waals surface area contributed by atoms with E-state index in [1.54, 1.807) is 6.07 Å². The molecule has 0 aliphatic heterocycles. The molecule has 2 aromatic rings. The summed E-state index contributed by atoms with van der Waals surface area (Å²) in [4.78, 5) is 19.8. The molecular weight excluding hydrogens is 244 g/mol. The minimum atomic E-state index is -0.0927. The van der Waals surface area contributed by atoms with Gasteiger partial charge in [-0.1, -0.05) is 19.1 Å². The summed E-state index contributed by atoms with van der Waals surface area (Å²) < 4.78 is 5.39. The fourth-order valence-corrected chi connectivity index (χ4v) is 1.95. The van der Waals surface area contributed by atoms with Crippen molar-refractivity contribution in [2.45, 2.75) is 13.3 Å². The smallest absolute Gasteiger partial charge is 0.325 e. The van der Waals surface area contributed by atoms with E-state index in [-0.39, 0.29) is 23.8 Å². The van der Waals surface area contributed by atoms with Gasteiger partial charge in [0.15, 0.2) is 5.58 Å². The lowest BCUT2D eigenvalue weighted by atomic mass is 10.3. The summed E-state index contributed by atoms with van der Waals surface area (Å²) in [5.74, 6) is 0.398. The number of nitrogens with zero attached hydrogens (tertiary/aromatic N) is 2. The van der Waals surface area contributed by atoms with Gasteiger partial charge in [0.2, 0.25) is 11.9 Å². The molecular formula is C13H14N4O2. The molecule has 6 nitrogen and oxygen atoms in total. The Hall–Kier alpha value is -2.37. The molecule has 1 aromatic carbocycles. The van der Waals surface area contributed by atoms with Crippen molar-refractivity contribution >= 4 is 29.0 Å². The average molecular weight is 258 g/mol. The number of nitrogens with one attached hydrogen (secondary N) is 1. The van der Waals surface area contributed by atoms with Crippen LogP contribution in [0.2, 0.25) is 0 Å². The lowest BCUT2D eigenvalue weighted by molar-refractivity contribution is -0.121. The van der Waals surface area contributed by atoms with E-state index in [4.69, 9.17) is 10.2 Å². The molecule has 3 rings (SSSR count). The van der Waals surface area contributed by atoms with Gasteiger partial charge in [-0.15, -0.1) is 0 Å². The van der Waals surface area contributed by atoms with Crippen molar-refractivity contribution in [3.05, 3.63) is 24.3 Å². The number of hydrogen-bond donors (Lipinski definition) is 2. The van der Waals surface area contributed by atoms with Crippen LogP contribution in [0, 0.1) is 11.8 Å². The minimum Gasteiger partial charge on any atom is -0.422 e. The van der Waals surface area contributed by atoms with E-state index in [1.807, 2.05) is 25.1 Å². The first-order valence-corrected chi connectivity index (χ1v) is 6.14. The van der Waals surface area contributed by atoms with Crippen molar-refractivity contribution < 1.29 is 9.21 Å². The van der Waals surface area contributed by atoms with Crippen LogP contribution in [0.4, 0.5) is 6.01 Å². The molecule has 3 N–H and O–H groups in total. The molecule has 1 heterocycles. The van der Waals surface area contributed by atoms with Gasteiger partial charge in [0.25, 0.3) is 0 Å². The first-order chi connectivity index (χ1) is 9.13. The largest absolute Gasteiger partial charge is 0.422 e. The number of amides is 1. The summed E-state index contributed by atoms with van der Waals surface area (Å²) in [7, 11) is 0. The SMILES string of the molecule is CC1CC1C(=O)NC(N)=Nc1nc2ccccc2o1. The van der Waals surface area contributed by atoms with Gasteiger partial charge in [0.05, 0.1) is 0 Å². The fraction of sp³-hybridized carbons (Fsp3) is 0.308. The van der Waals surface area contributed by atoms with Crippen LogP contribution in [0.1, 0.15) is 13.3 Å². The third-order valence-electron chi connectivity index (χ3n) is 3.20. The second kappa shape index (κ2) is 4.38. The van der Waals surface area contributed by atoms with Crippen molar-refractivity contribution in [3.8, 4) is 0 Å². The molecule has 1 aliphatic carbocycles. The molecule has 1 saturated carbocycles. The normalized spacial score (nSPS) is 22.5. The number of para-hydroxylation sites is 2. The number of carbonyl (C=O) groups is 1.